The predicted octanol–water partition coefficient (Wildman–Crippen LogP) is -1.63. The van der Waals surface area contributed by atoms with Crippen LogP contribution in [0.1, 0.15) is 0 Å². The van der Waals surface area contributed by atoms with Gasteiger partial charge >= 0.3 is 16.4 Å². The molecule has 0 heterocycles. The minimum atomic E-state index is -4.67. The van der Waals surface area contributed by atoms with Crippen LogP contribution in [-0.2, 0) is 54.1 Å². The molecule has 0 bridgehead atoms. The first kappa shape index (κ1) is 22.9. The molecule has 0 saturated carbocycles. The average molecular weight is 304 g/mol. The summed E-state index contributed by atoms with van der Waals surface area (Å²) >= 11 is 0. The Morgan fingerprint density at radius 2 is 1.33 bits per heavy atom. The van der Waals surface area contributed by atoms with E-state index in [4.69, 9.17) is 22.6 Å². The fourth-order valence-electron chi connectivity index (χ4n) is 0. The number of nitrogens with two attached hydrogens (primary N) is 1. The Balaban J connectivity index is -0.0000000457. The number of hydrogen-bond donors (Lipinski definition) is 4. The van der Waals surface area contributed by atoms with Crippen LogP contribution in [0.3, 0.4) is 0 Å². The van der Waals surface area contributed by atoms with Crippen molar-refractivity contribution in [2.45, 2.75) is 0 Å². The third kappa shape index (κ3) is 148. The van der Waals surface area contributed by atoms with E-state index in [1.165, 1.54) is 0 Å². The van der Waals surface area contributed by atoms with Crippen LogP contribution in [-0.4, -0.2) is 35.1 Å². The molecule has 5 N–H and O–H groups in total. The van der Waals surface area contributed by atoms with Gasteiger partial charge in [-0.3, -0.25) is 13.9 Å². The van der Waals surface area contributed by atoms with Crippen LogP contribution < -0.4 is 5.73 Å². The molecule has 0 unspecified atom stereocenters. The third-order valence-electron chi connectivity index (χ3n) is 0.175. The first-order valence-electron chi connectivity index (χ1n) is 1.89. The number of carbonyl (C=O) groups is 1. The van der Waals surface area contributed by atoms with E-state index in [1.54, 1.807) is 0 Å². The fourth-order valence-corrected chi connectivity index (χ4v) is 0. The van der Waals surface area contributed by atoms with E-state index in [0.717, 1.165) is 0 Å². The largest absolute Gasteiger partial charge is 0.480 e. The van der Waals surface area contributed by atoms with E-state index < -0.39 is 16.4 Å². The Labute approximate surface area is 94.8 Å². The molecule has 0 rings (SSSR count). The Kier molecular flexibility index (Phi) is 22.0. The molecule has 66 valence electrons. The van der Waals surface area contributed by atoms with E-state index >= 15 is 0 Å². The number of hydrogen-bond acceptors (Lipinski definition) is 4. The van der Waals surface area contributed by atoms with Crippen molar-refractivity contribution in [3.05, 3.63) is 0 Å². The zero-order valence-electron chi connectivity index (χ0n) is 6.17. The van der Waals surface area contributed by atoms with Gasteiger partial charge in [0.2, 0.25) is 0 Å². The Hall–Kier alpha value is 0.547. The summed E-state index contributed by atoms with van der Waals surface area (Å²) in [6.45, 7) is -0.278. The van der Waals surface area contributed by atoms with E-state index in [1.807, 2.05) is 0 Å². The molecule has 0 amide bonds. The molecular weight excluding hydrogens is 297 g/mol. The van der Waals surface area contributed by atoms with E-state index in [2.05, 4.69) is 5.73 Å². The van der Waals surface area contributed by atoms with Gasteiger partial charge in [-0.25, -0.2) is 0 Å². The van der Waals surface area contributed by atoms with Crippen LogP contribution in [0.15, 0.2) is 0 Å². The molecule has 0 aromatic rings. The molecule has 0 spiro atoms. The van der Waals surface area contributed by atoms with Crippen molar-refractivity contribution in [2.75, 3.05) is 6.54 Å². The van der Waals surface area contributed by atoms with Gasteiger partial charge in [-0.05, 0) is 0 Å². The van der Waals surface area contributed by atoms with Crippen molar-refractivity contribution in [1.82, 2.24) is 0 Å². The number of carboxylic acid groups (broad SMARTS) is 1. The average Bonchev–Trinajstić information content (AvgIpc) is 1.61. The molecule has 10 heteroatoms. The van der Waals surface area contributed by atoms with Gasteiger partial charge in [-0.2, -0.15) is 8.42 Å². The molecule has 0 aliphatic rings. The van der Waals surface area contributed by atoms with Crippen LogP contribution in [0.4, 0.5) is 0 Å². The molecule has 0 atom stereocenters. The monoisotopic (exact) mass is 301 g/mol. The van der Waals surface area contributed by atoms with Gasteiger partial charge in [0.25, 0.3) is 0 Å². The van der Waals surface area contributed by atoms with Gasteiger partial charge < -0.3 is 10.8 Å². The fraction of sp³-hybridized carbons (Fsp3) is 0.500. The van der Waals surface area contributed by atoms with E-state index in [-0.39, 0.29) is 45.5 Å². The molecule has 0 radical (unpaired) electrons. The summed E-state index contributed by atoms with van der Waals surface area (Å²) in [6, 6.07) is 0. The molecule has 0 aliphatic heterocycles. The second kappa shape index (κ2) is 11.5. The number of aliphatic carboxylic acids is 1. The zero-order chi connectivity index (χ0) is 8.78. The molecule has 0 aromatic carbocycles. The minimum absolute atomic E-state index is 0. The van der Waals surface area contributed by atoms with Crippen molar-refractivity contribution in [3.8, 4) is 0 Å². The predicted molar refractivity (Wildman–Crippen MR) is 30.9 cm³/mol. The Morgan fingerprint density at radius 1 is 1.25 bits per heavy atom. The molecule has 0 saturated heterocycles. The maximum Gasteiger partial charge on any atom is 0.394 e. The van der Waals surface area contributed by atoms with Crippen molar-refractivity contribution in [1.29, 1.82) is 0 Å². The van der Waals surface area contributed by atoms with Crippen LogP contribution in [0.2, 0.25) is 0 Å². The van der Waals surface area contributed by atoms with Crippen molar-refractivity contribution >= 4 is 16.4 Å². The number of rotatable bonds is 1. The number of carboxylic acids is 1. The maximum atomic E-state index is 9.24. The Bertz CT molecular complexity index is 182. The molecule has 0 aliphatic carbocycles. The maximum absolute atomic E-state index is 9.24. The summed E-state index contributed by atoms with van der Waals surface area (Å²) in [7, 11) is -4.67. The van der Waals surface area contributed by atoms with Gasteiger partial charge in [0.1, 0.15) is 0 Å². The van der Waals surface area contributed by atoms with E-state index in [0.29, 0.717) is 0 Å². The quantitative estimate of drug-likeness (QED) is 0.337. The minimum Gasteiger partial charge on any atom is -0.480 e. The summed E-state index contributed by atoms with van der Waals surface area (Å²) in [5, 5.41) is 7.60. The summed E-state index contributed by atoms with van der Waals surface area (Å²) < 4.78 is 31.6. The smallest absolute Gasteiger partial charge is 0.394 e. The molecule has 12 heavy (non-hydrogen) atoms. The SMILES string of the molecule is NCC(=O)O.O=S(=O)(O)O.[Zn].[Zn]. The second-order valence-corrected chi connectivity index (χ2v) is 1.94. The first-order valence-corrected chi connectivity index (χ1v) is 3.28. The van der Waals surface area contributed by atoms with Gasteiger partial charge in [-0.1, -0.05) is 0 Å². The van der Waals surface area contributed by atoms with Gasteiger partial charge in [0.15, 0.2) is 0 Å². The summed E-state index contributed by atoms with van der Waals surface area (Å²) in [4.78, 5) is 9.24. The molecule has 7 nitrogen and oxygen atoms in total. The van der Waals surface area contributed by atoms with Crippen LogP contribution in [0.25, 0.3) is 0 Å². The normalized spacial score (nSPS) is 7.92. The van der Waals surface area contributed by atoms with Gasteiger partial charge in [0, 0.05) is 39.0 Å². The third-order valence-corrected chi connectivity index (χ3v) is 0.175. The summed E-state index contributed by atoms with van der Waals surface area (Å²) in [5.41, 5.74) is 4.57. The van der Waals surface area contributed by atoms with Crippen molar-refractivity contribution in [2.24, 2.45) is 5.73 Å². The molecule has 0 aromatic heterocycles. The first-order chi connectivity index (χ1) is 4.27. The zero-order valence-corrected chi connectivity index (χ0v) is 12.9. The van der Waals surface area contributed by atoms with Gasteiger partial charge in [-0.15, -0.1) is 0 Å². The summed E-state index contributed by atoms with van der Waals surface area (Å²) in [6.07, 6.45) is 0. The second-order valence-electron chi connectivity index (χ2n) is 1.05. The van der Waals surface area contributed by atoms with Crippen LogP contribution in [0.5, 0.6) is 0 Å². The van der Waals surface area contributed by atoms with Crippen molar-refractivity contribution < 1.29 is 66.4 Å². The van der Waals surface area contributed by atoms with Crippen molar-refractivity contribution in [3.63, 3.8) is 0 Å². The van der Waals surface area contributed by atoms with E-state index in [9.17, 15) is 4.79 Å². The molecule has 0 fully saturated rings. The standard InChI is InChI=1S/C2H5NO2.H2O4S.2Zn/c3-1-2(4)5;1-5(2,3)4;;/h1,3H2,(H,4,5);(H2,1,2,3,4);;. The molecular formula is C2H7NO6SZn2. The van der Waals surface area contributed by atoms with Crippen LogP contribution in [0, 0.1) is 0 Å². The van der Waals surface area contributed by atoms with Crippen LogP contribution >= 0.6 is 0 Å². The summed E-state index contributed by atoms with van der Waals surface area (Å²) in [5.74, 6) is -0.968. The topological polar surface area (TPSA) is 138 Å². The van der Waals surface area contributed by atoms with Gasteiger partial charge in [0.05, 0.1) is 6.54 Å². The Morgan fingerprint density at radius 3 is 1.33 bits per heavy atom.